The maximum atomic E-state index is 5.87. The van der Waals surface area contributed by atoms with Gasteiger partial charge in [-0.05, 0) is 57.1 Å². The van der Waals surface area contributed by atoms with Crippen LogP contribution < -0.4 is 0 Å². The number of ether oxygens (including phenoxy) is 2. The van der Waals surface area contributed by atoms with Crippen molar-refractivity contribution in [2.45, 2.75) is 92.3 Å². The van der Waals surface area contributed by atoms with Crippen LogP contribution in [0.4, 0.5) is 0 Å². The summed E-state index contributed by atoms with van der Waals surface area (Å²) < 4.78 is 11.7. The lowest BCUT2D eigenvalue weighted by Gasteiger charge is -2.23. The van der Waals surface area contributed by atoms with E-state index in [9.17, 15) is 0 Å². The van der Waals surface area contributed by atoms with Crippen LogP contribution in [0.2, 0.25) is 0 Å². The van der Waals surface area contributed by atoms with E-state index < -0.39 is 0 Å². The van der Waals surface area contributed by atoms with Crippen LogP contribution in [0.5, 0.6) is 0 Å². The molecule has 30 heavy (non-hydrogen) atoms. The molecule has 0 saturated heterocycles. The quantitative estimate of drug-likeness (QED) is 0.409. The summed E-state index contributed by atoms with van der Waals surface area (Å²) in [6, 6.07) is 13.5. The van der Waals surface area contributed by atoms with Crippen LogP contribution in [-0.2, 0) is 46.4 Å². The molecule has 0 radical (unpaired) electrons. The van der Waals surface area contributed by atoms with Crippen LogP contribution in [0.1, 0.15) is 88.8 Å². The molecule has 0 aromatic heterocycles. The molecule has 0 aliphatic heterocycles. The summed E-state index contributed by atoms with van der Waals surface area (Å²) in [6.45, 7) is 20.6. The molecule has 0 spiro atoms. The highest BCUT2D eigenvalue weighted by Gasteiger charge is 2.18. The molecule has 0 saturated carbocycles. The van der Waals surface area contributed by atoms with Crippen LogP contribution >= 0.6 is 0 Å². The second-order valence-electron chi connectivity index (χ2n) is 10.3. The highest BCUT2D eigenvalue weighted by molar-refractivity contribution is 5.37. The smallest absolute Gasteiger partial charge is 0.0718 e. The summed E-state index contributed by atoms with van der Waals surface area (Å²) in [5, 5.41) is 0. The van der Waals surface area contributed by atoms with Gasteiger partial charge in [0, 0.05) is 0 Å². The van der Waals surface area contributed by atoms with E-state index in [1.165, 1.54) is 33.4 Å². The average Bonchev–Trinajstić information content (AvgIpc) is 2.68. The Balaban J connectivity index is 1.80. The summed E-state index contributed by atoms with van der Waals surface area (Å²) in [4.78, 5) is 0. The van der Waals surface area contributed by atoms with E-state index >= 15 is 0 Å². The average molecular weight is 411 g/mol. The Hall–Kier alpha value is -1.64. The van der Waals surface area contributed by atoms with Gasteiger partial charge < -0.3 is 9.47 Å². The first kappa shape index (κ1) is 24.6. The molecule has 2 aromatic rings. The molecule has 2 nitrogen and oxygen atoms in total. The molecule has 0 bridgehead atoms. The van der Waals surface area contributed by atoms with Gasteiger partial charge in [-0.15, -0.1) is 0 Å². The first-order valence-electron chi connectivity index (χ1n) is 11.5. The number of aryl methyl sites for hydroxylation is 2. The van der Waals surface area contributed by atoms with Crippen LogP contribution in [0.25, 0.3) is 0 Å². The van der Waals surface area contributed by atoms with E-state index in [1.54, 1.807) is 0 Å². The van der Waals surface area contributed by atoms with Crippen LogP contribution in [-0.4, -0.2) is 13.2 Å². The van der Waals surface area contributed by atoms with Crippen LogP contribution in [0.15, 0.2) is 36.4 Å². The lowest BCUT2D eigenvalue weighted by molar-refractivity contribution is 0.0338. The molecule has 2 heteroatoms. The predicted molar refractivity (Wildman–Crippen MR) is 128 cm³/mol. The Bertz CT molecular complexity index is 737. The van der Waals surface area contributed by atoms with E-state index in [-0.39, 0.29) is 10.8 Å². The SMILES string of the molecule is CCc1cc(COCCOCc2ccc(C(C)(C)C)c(CC)c2)ccc1C(C)(C)C. The van der Waals surface area contributed by atoms with E-state index in [0.717, 1.165) is 12.8 Å². The first-order valence-corrected chi connectivity index (χ1v) is 11.5. The van der Waals surface area contributed by atoms with Gasteiger partial charge in [-0.2, -0.15) is 0 Å². The van der Waals surface area contributed by atoms with Crippen molar-refractivity contribution in [2.75, 3.05) is 13.2 Å². The lowest BCUT2D eigenvalue weighted by atomic mass is 9.82. The number of rotatable bonds is 9. The zero-order valence-corrected chi connectivity index (χ0v) is 20.5. The predicted octanol–water partition coefficient (Wildman–Crippen LogP) is 7.14. The second-order valence-corrected chi connectivity index (χ2v) is 10.3. The van der Waals surface area contributed by atoms with E-state index in [1.807, 2.05) is 0 Å². The Kier molecular flexibility index (Phi) is 8.70. The maximum Gasteiger partial charge on any atom is 0.0718 e. The van der Waals surface area contributed by atoms with Crippen molar-refractivity contribution < 1.29 is 9.47 Å². The molecule has 0 N–H and O–H groups in total. The van der Waals surface area contributed by atoms with Gasteiger partial charge >= 0.3 is 0 Å². The van der Waals surface area contributed by atoms with Gasteiger partial charge in [-0.3, -0.25) is 0 Å². The Morgan fingerprint density at radius 2 is 0.967 bits per heavy atom. The summed E-state index contributed by atoms with van der Waals surface area (Å²) >= 11 is 0. The summed E-state index contributed by atoms with van der Waals surface area (Å²) in [5.41, 5.74) is 8.55. The van der Waals surface area contributed by atoms with Gasteiger partial charge in [0.05, 0.1) is 26.4 Å². The van der Waals surface area contributed by atoms with Gasteiger partial charge in [0.25, 0.3) is 0 Å². The van der Waals surface area contributed by atoms with Gasteiger partial charge in [-0.25, -0.2) is 0 Å². The molecule has 166 valence electrons. The Labute approximate surface area is 185 Å². The summed E-state index contributed by atoms with van der Waals surface area (Å²) in [6.07, 6.45) is 2.11. The minimum Gasteiger partial charge on any atom is -0.374 e. The topological polar surface area (TPSA) is 18.5 Å². The lowest BCUT2D eigenvalue weighted by Crippen LogP contribution is -2.14. The van der Waals surface area contributed by atoms with E-state index in [2.05, 4.69) is 91.8 Å². The van der Waals surface area contributed by atoms with Gasteiger partial charge in [0.2, 0.25) is 0 Å². The molecule has 2 aromatic carbocycles. The molecule has 0 heterocycles. The van der Waals surface area contributed by atoms with E-state index in [4.69, 9.17) is 9.47 Å². The molecule has 0 fully saturated rings. The highest BCUT2D eigenvalue weighted by Crippen LogP contribution is 2.28. The number of benzene rings is 2. The standard InChI is InChI=1S/C28H42O2/c1-9-23-17-21(11-13-25(23)27(3,4)5)19-29-15-16-30-20-22-12-14-26(28(6,7)8)24(10-2)18-22/h11-14,17-18H,9-10,15-16,19-20H2,1-8H3. The van der Waals surface area contributed by atoms with Crippen molar-refractivity contribution in [1.82, 2.24) is 0 Å². The number of hydrogen-bond donors (Lipinski definition) is 0. The Morgan fingerprint density at radius 1 is 0.600 bits per heavy atom. The zero-order chi connectivity index (χ0) is 22.4. The third kappa shape index (κ3) is 6.96. The van der Waals surface area contributed by atoms with Crippen molar-refractivity contribution in [3.8, 4) is 0 Å². The zero-order valence-electron chi connectivity index (χ0n) is 20.5. The van der Waals surface area contributed by atoms with Gasteiger partial charge in [-0.1, -0.05) is 91.8 Å². The third-order valence-corrected chi connectivity index (χ3v) is 5.63. The van der Waals surface area contributed by atoms with Gasteiger partial charge in [0.1, 0.15) is 0 Å². The van der Waals surface area contributed by atoms with Crippen molar-refractivity contribution in [3.05, 3.63) is 69.8 Å². The Morgan fingerprint density at radius 3 is 1.27 bits per heavy atom. The molecular formula is C28H42O2. The van der Waals surface area contributed by atoms with Crippen LogP contribution in [0, 0.1) is 0 Å². The summed E-state index contributed by atoms with van der Waals surface area (Å²) in [7, 11) is 0. The second kappa shape index (κ2) is 10.6. The van der Waals surface area contributed by atoms with E-state index in [0.29, 0.717) is 26.4 Å². The van der Waals surface area contributed by atoms with Crippen molar-refractivity contribution in [1.29, 1.82) is 0 Å². The highest BCUT2D eigenvalue weighted by atomic mass is 16.5. The van der Waals surface area contributed by atoms with Gasteiger partial charge in [0.15, 0.2) is 0 Å². The summed E-state index contributed by atoms with van der Waals surface area (Å²) in [5.74, 6) is 0. The molecule has 2 rings (SSSR count). The molecule has 0 unspecified atom stereocenters. The fraction of sp³-hybridized carbons (Fsp3) is 0.571. The fourth-order valence-electron chi connectivity index (χ4n) is 4.02. The minimum absolute atomic E-state index is 0.182. The minimum atomic E-state index is 0.182. The molecular weight excluding hydrogens is 368 g/mol. The number of hydrogen-bond acceptors (Lipinski definition) is 2. The fourth-order valence-corrected chi connectivity index (χ4v) is 4.02. The van der Waals surface area contributed by atoms with Crippen LogP contribution in [0.3, 0.4) is 0 Å². The monoisotopic (exact) mass is 410 g/mol. The normalized spacial score (nSPS) is 12.4. The van der Waals surface area contributed by atoms with Crippen molar-refractivity contribution in [3.63, 3.8) is 0 Å². The maximum absolute atomic E-state index is 5.87. The van der Waals surface area contributed by atoms with Crippen molar-refractivity contribution >= 4 is 0 Å². The molecule has 0 aliphatic carbocycles. The van der Waals surface area contributed by atoms with Crippen molar-refractivity contribution in [2.24, 2.45) is 0 Å². The molecule has 0 aliphatic rings. The third-order valence-electron chi connectivity index (χ3n) is 5.63. The molecule has 0 atom stereocenters. The molecule has 0 amide bonds. The first-order chi connectivity index (χ1) is 14.1. The largest absolute Gasteiger partial charge is 0.374 e.